The van der Waals surface area contributed by atoms with E-state index in [0.29, 0.717) is 17.8 Å². The van der Waals surface area contributed by atoms with Gasteiger partial charge in [0.1, 0.15) is 0 Å². The van der Waals surface area contributed by atoms with Crippen molar-refractivity contribution in [3.05, 3.63) is 88.5 Å². The first-order valence-electron chi connectivity index (χ1n) is 9.86. The molecule has 0 fully saturated rings. The third-order valence-electron chi connectivity index (χ3n) is 5.78. The maximum atomic E-state index is 2.37. The van der Waals surface area contributed by atoms with Gasteiger partial charge in [0.2, 0.25) is 0 Å². The first-order valence-corrected chi connectivity index (χ1v) is 9.86. The Morgan fingerprint density at radius 1 is 0.923 bits per heavy atom. The van der Waals surface area contributed by atoms with E-state index in [1.54, 1.807) is 0 Å². The third-order valence-corrected chi connectivity index (χ3v) is 5.78. The summed E-state index contributed by atoms with van der Waals surface area (Å²) >= 11 is 0. The van der Waals surface area contributed by atoms with Crippen LogP contribution < -0.4 is 0 Å². The molecule has 0 spiro atoms. The van der Waals surface area contributed by atoms with Crippen LogP contribution in [-0.2, 0) is 0 Å². The third kappa shape index (κ3) is 3.09. The van der Waals surface area contributed by atoms with E-state index in [4.69, 9.17) is 0 Å². The Hall–Kier alpha value is -2.34. The lowest BCUT2D eigenvalue weighted by Crippen LogP contribution is -2.01. The van der Waals surface area contributed by atoms with E-state index in [9.17, 15) is 0 Å². The highest BCUT2D eigenvalue weighted by atomic mass is 14.3. The topological polar surface area (TPSA) is 0 Å². The van der Waals surface area contributed by atoms with Crippen LogP contribution in [0, 0.1) is 5.92 Å². The maximum Gasteiger partial charge on any atom is 0.00502 e. The molecule has 0 bridgehead atoms. The molecule has 4 rings (SSSR count). The molecule has 0 aromatic heterocycles. The molecule has 0 amide bonds. The second kappa shape index (κ2) is 6.76. The quantitative estimate of drug-likeness (QED) is 0.542. The molecule has 26 heavy (non-hydrogen) atoms. The van der Waals surface area contributed by atoms with Crippen molar-refractivity contribution in [2.24, 2.45) is 5.92 Å². The maximum absolute atomic E-state index is 2.37. The van der Waals surface area contributed by atoms with Crippen LogP contribution in [-0.4, -0.2) is 0 Å². The van der Waals surface area contributed by atoms with Crippen molar-refractivity contribution >= 4 is 17.2 Å². The molecule has 2 aliphatic carbocycles. The predicted molar refractivity (Wildman–Crippen MR) is 114 cm³/mol. The fraction of sp³-hybridized carbons (Fsp3) is 0.308. The van der Waals surface area contributed by atoms with Gasteiger partial charge in [0.05, 0.1) is 0 Å². The van der Waals surface area contributed by atoms with Crippen LogP contribution in [0.3, 0.4) is 0 Å². The van der Waals surface area contributed by atoms with Gasteiger partial charge >= 0.3 is 0 Å². The molecule has 1 unspecified atom stereocenters. The van der Waals surface area contributed by atoms with Crippen molar-refractivity contribution in [3.63, 3.8) is 0 Å². The summed E-state index contributed by atoms with van der Waals surface area (Å²) in [4.78, 5) is 0. The first kappa shape index (κ1) is 17.1. The van der Waals surface area contributed by atoms with Gasteiger partial charge < -0.3 is 0 Å². The summed E-state index contributed by atoms with van der Waals surface area (Å²) in [5.41, 5.74) is 9.79. The van der Waals surface area contributed by atoms with Crippen LogP contribution in [0.15, 0.2) is 60.7 Å². The zero-order valence-electron chi connectivity index (χ0n) is 16.3. The lowest BCUT2D eigenvalue weighted by Gasteiger charge is -2.15. The molecule has 2 aromatic rings. The van der Waals surface area contributed by atoms with Crippen molar-refractivity contribution in [1.29, 1.82) is 0 Å². The second-order valence-electron chi connectivity index (χ2n) is 8.29. The summed E-state index contributed by atoms with van der Waals surface area (Å²) in [5.74, 6) is 1.80. The monoisotopic (exact) mass is 340 g/mol. The summed E-state index contributed by atoms with van der Waals surface area (Å²) in [6.07, 6.45) is 10.4. The van der Waals surface area contributed by atoms with Gasteiger partial charge in [0.15, 0.2) is 0 Å². The number of hydrogen-bond acceptors (Lipinski definition) is 0. The molecule has 0 aliphatic heterocycles. The van der Waals surface area contributed by atoms with E-state index in [1.165, 1.54) is 39.0 Å². The Morgan fingerprint density at radius 3 is 2.54 bits per heavy atom. The molecular weight excluding hydrogens is 312 g/mol. The largest absolute Gasteiger partial charge is 0.0761 e. The first-order chi connectivity index (χ1) is 12.5. The summed E-state index contributed by atoms with van der Waals surface area (Å²) in [7, 11) is 0. The van der Waals surface area contributed by atoms with Crippen LogP contribution in [0.5, 0.6) is 0 Å². The van der Waals surface area contributed by atoms with Crippen molar-refractivity contribution in [2.75, 3.05) is 0 Å². The number of benzene rings is 2. The average Bonchev–Trinajstić information content (AvgIpc) is 3.28. The van der Waals surface area contributed by atoms with Crippen LogP contribution in [0.25, 0.3) is 17.2 Å². The zero-order chi connectivity index (χ0) is 18.3. The molecule has 2 aromatic carbocycles. The van der Waals surface area contributed by atoms with Gasteiger partial charge in [-0.1, -0.05) is 88.4 Å². The minimum atomic E-state index is 0.571. The van der Waals surface area contributed by atoms with Gasteiger partial charge in [-0.15, -0.1) is 0 Å². The molecule has 0 saturated heterocycles. The molecule has 132 valence electrons. The van der Waals surface area contributed by atoms with Gasteiger partial charge in [0, 0.05) is 5.92 Å². The number of allylic oxidation sites excluding steroid dienone is 5. The summed E-state index contributed by atoms with van der Waals surface area (Å²) in [6, 6.07) is 16.0. The van der Waals surface area contributed by atoms with Gasteiger partial charge in [0.25, 0.3) is 0 Å². The molecule has 0 nitrogen and oxygen atoms in total. The summed E-state index contributed by atoms with van der Waals surface area (Å²) < 4.78 is 0. The highest BCUT2D eigenvalue weighted by molar-refractivity contribution is 5.90. The lowest BCUT2D eigenvalue weighted by atomic mass is 9.89. The Labute approximate surface area is 158 Å². The minimum Gasteiger partial charge on any atom is -0.0761 e. The Bertz CT molecular complexity index is 919. The van der Waals surface area contributed by atoms with E-state index in [1.807, 2.05) is 0 Å². The highest BCUT2D eigenvalue weighted by Gasteiger charge is 2.21. The molecule has 0 radical (unpaired) electrons. The summed E-state index contributed by atoms with van der Waals surface area (Å²) in [5, 5.41) is 0. The van der Waals surface area contributed by atoms with Crippen molar-refractivity contribution in [1.82, 2.24) is 0 Å². The lowest BCUT2D eigenvalue weighted by molar-refractivity contribution is 0.584. The van der Waals surface area contributed by atoms with E-state index >= 15 is 0 Å². The van der Waals surface area contributed by atoms with Gasteiger partial charge in [-0.3, -0.25) is 0 Å². The molecule has 0 heteroatoms. The zero-order valence-corrected chi connectivity index (χ0v) is 16.3. The Kier molecular flexibility index (Phi) is 4.44. The molecule has 0 heterocycles. The van der Waals surface area contributed by atoms with Crippen LogP contribution in [0.1, 0.15) is 73.8 Å². The van der Waals surface area contributed by atoms with E-state index in [0.717, 1.165) is 6.42 Å². The molecule has 0 saturated carbocycles. The number of hydrogen-bond donors (Lipinski definition) is 0. The normalized spacial score (nSPS) is 18.5. The van der Waals surface area contributed by atoms with E-state index < -0.39 is 0 Å². The molecule has 2 aliphatic rings. The van der Waals surface area contributed by atoms with Gasteiger partial charge in [-0.25, -0.2) is 0 Å². The fourth-order valence-corrected chi connectivity index (χ4v) is 4.12. The minimum absolute atomic E-state index is 0.571. The second-order valence-corrected chi connectivity index (χ2v) is 8.29. The van der Waals surface area contributed by atoms with Crippen molar-refractivity contribution in [3.8, 4) is 0 Å². The molecular formula is C26H28. The van der Waals surface area contributed by atoms with Gasteiger partial charge in [-0.2, -0.15) is 0 Å². The smallest absolute Gasteiger partial charge is 0.00502 e. The summed E-state index contributed by atoms with van der Waals surface area (Å²) in [6.45, 7) is 9.12. The highest BCUT2D eigenvalue weighted by Crippen LogP contribution is 2.39. The van der Waals surface area contributed by atoms with Crippen LogP contribution in [0.4, 0.5) is 0 Å². The molecule has 1 atom stereocenters. The van der Waals surface area contributed by atoms with Crippen molar-refractivity contribution < 1.29 is 0 Å². The van der Waals surface area contributed by atoms with E-state index in [2.05, 4.69) is 94.5 Å². The average molecular weight is 341 g/mol. The van der Waals surface area contributed by atoms with Gasteiger partial charge in [-0.05, 0) is 63.3 Å². The Morgan fingerprint density at radius 2 is 1.77 bits per heavy atom. The SMILES string of the molecule is CC(C)c1cccc(C2=CC(c3ccc4c(c3)C=CC4C(C)C)=CC2)c1. The fourth-order valence-electron chi connectivity index (χ4n) is 4.12. The number of rotatable bonds is 4. The van der Waals surface area contributed by atoms with Crippen LogP contribution >= 0.6 is 0 Å². The standard InChI is InChI=1S/C26H28/c1-17(2)19-6-5-7-20(14-19)21-8-9-22(15-21)23-10-13-26-24(16-23)11-12-25(26)18(3)4/h5-7,9-18,25H,8H2,1-4H3. The van der Waals surface area contributed by atoms with Crippen molar-refractivity contribution in [2.45, 2.75) is 46.0 Å². The van der Waals surface area contributed by atoms with E-state index in [-0.39, 0.29) is 0 Å². The predicted octanol–water partition coefficient (Wildman–Crippen LogP) is 7.45. The Balaban J connectivity index is 1.61. The van der Waals surface area contributed by atoms with Crippen LogP contribution in [0.2, 0.25) is 0 Å². The molecule has 0 N–H and O–H groups in total. The number of fused-ring (bicyclic) bond motifs is 1.